The summed E-state index contributed by atoms with van der Waals surface area (Å²) in [7, 11) is 0. The quantitative estimate of drug-likeness (QED) is 0.0497. The fourth-order valence-corrected chi connectivity index (χ4v) is 5.34. The number of carbonyl (C=O) groups excluding carboxylic acids is 1. The maximum absolute atomic E-state index is 12.3. The van der Waals surface area contributed by atoms with Crippen molar-refractivity contribution in [3.05, 3.63) is 12.2 Å². The van der Waals surface area contributed by atoms with Crippen LogP contribution < -0.4 is 5.32 Å². The van der Waals surface area contributed by atoms with E-state index in [1.165, 1.54) is 128 Å². The van der Waals surface area contributed by atoms with E-state index in [1.807, 2.05) is 6.08 Å². The Labute approximate surface area is 249 Å². The number of carbonyl (C=O) groups is 1. The minimum Gasteiger partial charge on any atom is -0.394 e. The molecule has 0 heterocycles. The van der Waals surface area contributed by atoms with Gasteiger partial charge in [-0.3, -0.25) is 4.79 Å². The van der Waals surface area contributed by atoms with E-state index in [-0.39, 0.29) is 18.9 Å². The van der Waals surface area contributed by atoms with Gasteiger partial charge in [-0.25, -0.2) is 0 Å². The molecule has 3 unspecified atom stereocenters. The zero-order chi connectivity index (χ0) is 29.5. The standard InChI is InChI=1S/C35H69NO4/c1-3-5-7-9-11-12-13-14-15-16-17-18-19-20-21-23-25-27-29-34(39)33(31-37)36-35(40)30-32(38)28-26-24-22-10-8-6-4-2/h27,29,32-34,37-39H,3-26,28,30-31H2,1-2H3,(H,36,40)/b29-27+. The van der Waals surface area contributed by atoms with Gasteiger partial charge in [-0.1, -0.05) is 167 Å². The van der Waals surface area contributed by atoms with E-state index in [0.29, 0.717) is 6.42 Å². The van der Waals surface area contributed by atoms with Crippen molar-refractivity contribution < 1.29 is 20.1 Å². The smallest absolute Gasteiger partial charge is 0.222 e. The maximum Gasteiger partial charge on any atom is 0.222 e. The molecule has 0 saturated heterocycles. The van der Waals surface area contributed by atoms with Crippen LogP contribution in [0.4, 0.5) is 0 Å². The third-order valence-electron chi connectivity index (χ3n) is 8.07. The van der Waals surface area contributed by atoms with E-state index < -0.39 is 18.2 Å². The number of hydrogen-bond donors (Lipinski definition) is 4. The lowest BCUT2D eigenvalue weighted by Gasteiger charge is -2.21. The molecule has 238 valence electrons. The zero-order valence-corrected chi connectivity index (χ0v) is 26.7. The van der Waals surface area contributed by atoms with E-state index in [2.05, 4.69) is 19.2 Å². The summed E-state index contributed by atoms with van der Waals surface area (Å²) >= 11 is 0. The predicted octanol–water partition coefficient (Wildman–Crippen LogP) is 8.92. The van der Waals surface area contributed by atoms with Crippen molar-refractivity contribution in [2.24, 2.45) is 0 Å². The Bertz CT molecular complexity index is 554. The molecule has 5 nitrogen and oxygen atoms in total. The van der Waals surface area contributed by atoms with Crippen molar-refractivity contribution >= 4 is 5.91 Å². The normalized spacial score (nSPS) is 14.0. The minimum atomic E-state index is -0.921. The first kappa shape index (κ1) is 39.1. The number of rotatable bonds is 31. The molecule has 0 aliphatic heterocycles. The number of amides is 1. The van der Waals surface area contributed by atoms with Crippen LogP contribution in [-0.4, -0.2) is 46.1 Å². The second-order valence-electron chi connectivity index (χ2n) is 12.1. The Morgan fingerprint density at radius 3 is 1.45 bits per heavy atom. The molecular weight excluding hydrogens is 498 g/mol. The number of unbranched alkanes of at least 4 members (excludes halogenated alkanes) is 22. The summed E-state index contributed by atoms with van der Waals surface area (Å²) in [5.74, 6) is -0.320. The average molecular weight is 568 g/mol. The highest BCUT2D eigenvalue weighted by atomic mass is 16.3. The van der Waals surface area contributed by atoms with Crippen molar-refractivity contribution in [2.75, 3.05) is 6.61 Å². The molecule has 0 aliphatic rings. The Balaban J connectivity index is 3.69. The number of nitrogens with one attached hydrogen (secondary N) is 1. The lowest BCUT2D eigenvalue weighted by Crippen LogP contribution is -2.45. The van der Waals surface area contributed by atoms with Crippen LogP contribution in [0.15, 0.2) is 12.2 Å². The molecule has 0 saturated carbocycles. The first-order chi connectivity index (χ1) is 19.5. The van der Waals surface area contributed by atoms with Gasteiger partial charge < -0.3 is 20.6 Å². The predicted molar refractivity (Wildman–Crippen MR) is 172 cm³/mol. The van der Waals surface area contributed by atoms with Crippen molar-refractivity contribution in [2.45, 2.75) is 199 Å². The van der Waals surface area contributed by atoms with Gasteiger partial charge in [-0.05, 0) is 19.3 Å². The topological polar surface area (TPSA) is 89.8 Å². The van der Waals surface area contributed by atoms with Crippen LogP contribution in [0.5, 0.6) is 0 Å². The van der Waals surface area contributed by atoms with E-state index in [1.54, 1.807) is 6.08 Å². The Morgan fingerprint density at radius 2 is 1.02 bits per heavy atom. The van der Waals surface area contributed by atoms with Crippen LogP contribution in [0.3, 0.4) is 0 Å². The molecular formula is C35H69NO4. The number of hydrogen-bond acceptors (Lipinski definition) is 4. The molecule has 4 N–H and O–H groups in total. The van der Waals surface area contributed by atoms with Gasteiger partial charge in [0.2, 0.25) is 5.91 Å². The summed E-state index contributed by atoms with van der Waals surface area (Å²) in [5.41, 5.74) is 0. The van der Waals surface area contributed by atoms with Crippen LogP contribution >= 0.6 is 0 Å². The second-order valence-corrected chi connectivity index (χ2v) is 12.1. The highest BCUT2D eigenvalue weighted by molar-refractivity contribution is 5.76. The zero-order valence-electron chi connectivity index (χ0n) is 26.7. The fourth-order valence-electron chi connectivity index (χ4n) is 5.34. The van der Waals surface area contributed by atoms with Crippen LogP contribution in [0, 0.1) is 0 Å². The maximum atomic E-state index is 12.3. The average Bonchev–Trinajstić information content (AvgIpc) is 2.94. The van der Waals surface area contributed by atoms with Gasteiger partial charge >= 0.3 is 0 Å². The highest BCUT2D eigenvalue weighted by Gasteiger charge is 2.20. The molecule has 0 aromatic heterocycles. The second kappa shape index (κ2) is 31.0. The van der Waals surface area contributed by atoms with Crippen molar-refractivity contribution in [1.29, 1.82) is 0 Å². The van der Waals surface area contributed by atoms with Gasteiger partial charge in [0.05, 0.1) is 31.3 Å². The number of aliphatic hydroxyl groups is 3. The summed E-state index contributed by atoms with van der Waals surface area (Å²) in [4.78, 5) is 12.3. The van der Waals surface area contributed by atoms with Crippen molar-refractivity contribution in [1.82, 2.24) is 5.32 Å². The van der Waals surface area contributed by atoms with Crippen molar-refractivity contribution in [3.63, 3.8) is 0 Å². The minimum absolute atomic E-state index is 0.0158. The lowest BCUT2D eigenvalue weighted by molar-refractivity contribution is -0.124. The molecule has 0 rings (SSSR count). The third kappa shape index (κ3) is 27.3. The Hall–Kier alpha value is -0.910. The monoisotopic (exact) mass is 568 g/mol. The van der Waals surface area contributed by atoms with Gasteiger partial charge in [0, 0.05) is 0 Å². The summed E-state index contributed by atoms with van der Waals surface area (Å²) in [6.07, 6.45) is 33.5. The molecule has 5 heteroatoms. The van der Waals surface area contributed by atoms with E-state index in [4.69, 9.17) is 0 Å². The lowest BCUT2D eigenvalue weighted by atomic mass is 10.0. The first-order valence-corrected chi connectivity index (χ1v) is 17.5. The molecule has 3 atom stereocenters. The molecule has 0 bridgehead atoms. The molecule has 0 aromatic carbocycles. The summed E-state index contributed by atoms with van der Waals surface area (Å²) < 4.78 is 0. The van der Waals surface area contributed by atoms with Gasteiger partial charge in [0.25, 0.3) is 0 Å². The molecule has 0 aromatic rings. The summed E-state index contributed by atoms with van der Waals surface area (Å²) in [6.45, 7) is 4.16. The largest absolute Gasteiger partial charge is 0.394 e. The highest BCUT2D eigenvalue weighted by Crippen LogP contribution is 2.15. The number of aliphatic hydroxyl groups excluding tert-OH is 3. The van der Waals surface area contributed by atoms with E-state index >= 15 is 0 Å². The van der Waals surface area contributed by atoms with Gasteiger partial charge in [0.15, 0.2) is 0 Å². The SMILES string of the molecule is CCCCCCCCCCCCCCCCCC/C=C/C(O)C(CO)NC(=O)CC(O)CCCCCCCCC. The third-order valence-corrected chi connectivity index (χ3v) is 8.07. The molecule has 1 amide bonds. The number of allylic oxidation sites excluding steroid dienone is 1. The molecule has 0 radical (unpaired) electrons. The molecule has 0 fully saturated rings. The van der Waals surface area contributed by atoms with Gasteiger partial charge in [0.1, 0.15) is 0 Å². The molecule has 0 aliphatic carbocycles. The molecule has 0 spiro atoms. The van der Waals surface area contributed by atoms with Crippen LogP contribution in [0.2, 0.25) is 0 Å². The summed E-state index contributed by atoms with van der Waals surface area (Å²) in [6, 6.07) is -0.736. The van der Waals surface area contributed by atoms with Crippen LogP contribution in [0.25, 0.3) is 0 Å². The van der Waals surface area contributed by atoms with Gasteiger partial charge in [-0.2, -0.15) is 0 Å². The fraction of sp³-hybridized carbons (Fsp3) is 0.914. The Morgan fingerprint density at radius 1 is 0.625 bits per heavy atom. The first-order valence-electron chi connectivity index (χ1n) is 17.5. The van der Waals surface area contributed by atoms with E-state index in [9.17, 15) is 20.1 Å². The van der Waals surface area contributed by atoms with Crippen LogP contribution in [0.1, 0.15) is 181 Å². The van der Waals surface area contributed by atoms with Gasteiger partial charge in [-0.15, -0.1) is 0 Å². The summed E-state index contributed by atoms with van der Waals surface area (Å²) in [5, 5.41) is 32.8. The Kier molecular flexibility index (Phi) is 30.3. The van der Waals surface area contributed by atoms with E-state index in [0.717, 1.165) is 25.7 Å². The van der Waals surface area contributed by atoms with Crippen molar-refractivity contribution in [3.8, 4) is 0 Å². The molecule has 40 heavy (non-hydrogen) atoms. The van der Waals surface area contributed by atoms with Crippen LogP contribution in [-0.2, 0) is 4.79 Å².